The lowest BCUT2D eigenvalue weighted by Gasteiger charge is -2.19. The molecule has 1 unspecified atom stereocenters. The molecular weight excluding hydrogens is 242 g/mol. The molecule has 0 radical (unpaired) electrons. The SMILES string of the molecule is N#Cc1cc([N+](=O)[O-])ccc1NCC1CC=CCC1. The second kappa shape index (κ2) is 6.01. The van der Waals surface area contributed by atoms with Crippen molar-refractivity contribution in [3.05, 3.63) is 46.0 Å². The summed E-state index contributed by atoms with van der Waals surface area (Å²) >= 11 is 0. The Morgan fingerprint density at radius 3 is 2.95 bits per heavy atom. The van der Waals surface area contributed by atoms with E-state index in [-0.39, 0.29) is 5.69 Å². The molecule has 1 N–H and O–H groups in total. The summed E-state index contributed by atoms with van der Waals surface area (Å²) < 4.78 is 0. The van der Waals surface area contributed by atoms with Crippen molar-refractivity contribution in [2.45, 2.75) is 19.3 Å². The van der Waals surface area contributed by atoms with Crippen molar-refractivity contribution in [2.75, 3.05) is 11.9 Å². The van der Waals surface area contributed by atoms with Crippen LogP contribution in [0.4, 0.5) is 11.4 Å². The number of nitro groups is 1. The van der Waals surface area contributed by atoms with E-state index in [1.54, 1.807) is 6.07 Å². The first kappa shape index (κ1) is 13.1. The number of hydrogen-bond donors (Lipinski definition) is 1. The highest BCUT2D eigenvalue weighted by atomic mass is 16.6. The Bertz CT molecular complexity index is 546. The lowest BCUT2D eigenvalue weighted by molar-refractivity contribution is -0.384. The predicted molar refractivity (Wildman–Crippen MR) is 72.8 cm³/mol. The van der Waals surface area contributed by atoms with Gasteiger partial charge in [-0.3, -0.25) is 10.1 Å². The summed E-state index contributed by atoms with van der Waals surface area (Å²) in [6.07, 6.45) is 7.64. The predicted octanol–water partition coefficient (Wildman–Crippen LogP) is 3.23. The molecule has 1 aromatic rings. The molecule has 0 aliphatic heterocycles. The fraction of sp³-hybridized carbons (Fsp3) is 0.357. The molecule has 19 heavy (non-hydrogen) atoms. The highest BCUT2D eigenvalue weighted by Gasteiger charge is 2.13. The van der Waals surface area contributed by atoms with Gasteiger partial charge in [0.05, 0.1) is 16.2 Å². The Labute approximate surface area is 111 Å². The minimum atomic E-state index is -0.490. The number of non-ortho nitro benzene ring substituents is 1. The van der Waals surface area contributed by atoms with Gasteiger partial charge in [-0.05, 0) is 31.2 Å². The van der Waals surface area contributed by atoms with Gasteiger partial charge in [-0.15, -0.1) is 0 Å². The Kier molecular flexibility index (Phi) is 4.14. The highest BCUT2D eigenvalue weighted by molar-refractivity contribution is 5.61. The van der Waals surface area contributed by atoms with Crippen LogP contribution in [-0.2, 0) is 0 Å². The monoisotopic (exact) mass is 257 g/mol. The van der Waals surface area contributed by atoms with Gasteiger partial charge in [0.1, 0.15) is 6.07 Å². The van der Waals surface area contributed by atoms with E-state index in [0.717, 1.165) is 25.8 Å². The fourth-order valence-corrected chi connectivity index (χ4v) is 2.19. The second-order valence-electron chi connectivity index (χ2n) is 4.63. The number of anilines is 1. The van der Waals surface area contributed by atoms with Crippen molar-refractivity contribution in [1.29, 1.82) is 5.26 Å². The van der Waals surface area contributed by atoms with E-state index in [2.05, 4.69) is 17.5 Å². The van der Waals surface area contributed by atoms with Gasteiger partial charge >= 0.3 is 0 Å². The van der Waals surface area contributed by atoms with E-state index in [4.69, 9.17) is 5.26 Å². The topological polar surface area (TPSA) is 79.0 Å². The van der Waals surface area contributed by atoms with Crippen molar-refractivity contribution in [3.8, 4) is 6.07 Å². The largest absolute Gasteiger partial charge is 0.384 e. The van der Waals surface area contributed by atoms with Crippen molar-refractivity contribution in [2.24, 2.45) is 5.92 Å². The Morgan fingerprint density at radius 2 is 2.32 bits per heavy atom. The number of allylic oxidation sites excluding steroid dienone is 2. The van der Waals surface area contributed by atoms with E-state index in [1.165, 1.54) is 12.1 Å². The summed E-state index contributed by atoms with van der Waals surface area (Å²) in [5.41, 5.74) is 0.936. The molecule has 0 saturated carbocycles. The molecule has 1 aliphatic carbocycles. The van der Waals surface area contributed by atoms with Crippen molar-refractivity contribution >= 4 is 11.4 Å². The molecule has 1 aliphatic rings. The minimum absolute atomic E-state index is 0.0531. The van der Waals surface area contributed by atoms with Crippen LogP contribution < -0.4 is 5.32 Å². The van der Waals surface area contributed by atoms with Crippen LogP contribution in [0, 0.1) is 27.4 Å². The average Bonchev–Trinajstić information content (AvgIpc) is 2.45. The zero-order valence-electron chi connectivity index (χ0n) is 10.5. The third-order valence-corrected chi connectivity index (χ3v) is 3.29. The van der Waals surface area contributed by atoms with E-state index < -0.39 is 4.92 Å². The van der Waals surface area contributed by atoms with E-state index in [1.807, 2.05) is 6.07 Å². The van der Waals surface area contributed by atoms with E-state index >= 15 is 0 Å². The summed E-state index contributed by atoms with van der Waals surface area (Å²) in [5.74, 6) is 0.562. The van der Waals surface area contributed by atoms with Gasteiger partial charge in [0, 0.05) is 18.7 Å². The van der Waals surface area contributed by atoms with Gasteiger partial charge in [-0.25, -0.2) is 0 Å². The molecule has 0 heterocycles. The number of rotatable bonds is 4. The molecule has 2 rings (SSSR count). The molecular formula is C14H15N3O2. The standard InChI is InChI=1S/C14H15N3O2/c15-9-12-8-13(17(18)19)6-7-14(12)16-10-11-4-2-1-3-5-11/h1-2,6-8,11,16H,3-5,10H2. The van der Waals surface area contributed by atoms with Crippen molar-refractivity contribution in [3.63, 3.8) is 0 Å². The molecule has 0 spiro atoms. The lowest BCUT2D eigenvalue weighted by atomic mass is 9.94. The summed E-state index contributed by atoms with van der Waals surface area (Å²) in [6.45, 7) is 0.789. The van der Waals surface area contributed by atoms with Crippen molar-refractivity contribution in [1.82, 2.24) is 0 Å². The second-order valence-corrected chi connectivity index (χ2v) is 4.63. The molecule has 0 bridgehead atoms. The van der Waals surface area contributed by atoms with Gasteiger partial charge in [0.25, 0.3) is 5.69 Å². The van der Waals surface area contributed by atoms with Crippen molar-refractivity contribution < 1.29 is 4.92 Å². The minimum Gasteiger partial charge on any atom is -0.384 e. The molecule has 1 atom stereocenters. The van der Waals surface area contributed by atoms with Gasteiger partial charge < -0.3 is 5.32 Å². The molecule has 1 aromatic carbocycles. The van der Waals surface area contributed by atoms with Crippen LogP contribution >= 0.6 is 0 Å². The van der Waals surface area contributed by atoms with Crippen LogP contribution in [0.2, 0.25) is 0 Å². The summed E-state index contributed by atoms with van der Waals surface area (Å²) in [7, 11) is 0. The number of benzene rings is 1. The highest BCUT2D eigenvalue weighted by Crippen LogP contribution is 2.23. The van der Waals surface area contributed by atoms with Crippen LogP contribution in [0.25, 0.3) is 0 Å². The van der Waals surface area contributed by atoms with Gasteiger partial charge in [0.15, 0.2) is 0 Å². The number of hydrogen-bond acceptors (Lipinski definition) is 4. The quantitative estimate of drug-likeness (QED) is 0.510. The summed E-state index contributed by atoms with van der Waals surface area (Å²) in [5, 5.41) is 22.9. The zero-order valence-corrected chi connectivity index (χ0v) is 10.5. The van der Waals surface area contributed by atoms with Gasteiger partial charge in [0.2, 0.25) is 0 Å². The first-order valence-electron chi connectivity index (χ1n) is 6.28. The lowest BCUT2D eigenvalue weighted by Crippen LogP contribution is -2.15. The normalized spacial score (nSPS) is 17.7. The third-order valence-electron chi connectivity index (χ3n) is 3.29. The van der Waals surface area contributed by atoms with Crippen LogP contribution in [-0.4, -0.2) is 11.5 Å². The summed E-state index contributed by atoms with van der Waals surface area (Å²) in [6, 6.07) is 6.33. The van der Waals surface area contributed by atoms with Crippen LogP contribution in [0.1, 0.15) is 24.8 Å². The average molecular weight is 257 g/mol. The number of nitrogens with one attached hydrogen (secondary N) is 1. The maximum absolute atomic E-state index is 10.7. The van der Waals surface area contributed by atoms with Gasteiger partial charge in [-0.1, -0.05) is 12.2 Å². The molecule has 5 nitrogen and oxygen atoms in total. The number of nitro benzene ring substituents is 1. The smallest absolute Gasteiger partial charge is 0.270 e. The molecule has 98 valence electrons. The first-order chi connectivity index (χ1) is 9.20. The molecule has 5 heteroatoms. The van der Waals surface area contributed by atoms with Gasteiger partial charge in [-0.2, -0.15) is 5.26 Å². The van der Waals surface area contributed by atoms with Crippen LogP contribution in [0.15, 0.2) is 30.4 Å². The Balaban J connectivity index is 2.05. The maximum atomic E-state index is 10.7. The fourth-order valence-electron chi connectivity index (χ4n) is 2.19. The Hall–Kier alpha value is -2.35. The van der Waals surface area contributed by atoms with Crippen LogP contribution in [0.3, 0.4) is 0 Å². The molecule has 0 saturated heterocycles. The summed E-state index contributed by atoms with van der Waals surface area (Å²) in [4.78, 5) is 10.2. The third kappa shape index (κ3) is 3.32. The number of nitrogens with zero attached hydrogens (tertiary/aromatic N) is 2. The maximum Gasteiger partial charge on any atom is 0.270 e. The number of nitriles is 1. The van der Waals surface area contributed by atoms with Crippen LogP contribution in [0.5, 0.6) is 0 Å². The Morgan fingerprint density at radius 1 is 1.47 bits per heavy atom. The van der Waals surface area contributed by atoms with E-state index in [0.29, 0.717) is 17.2 Å². The molecule has 0 aromatic heterocycles. The molecule has 0 fully saturated rings. The van der Waals surface area contributed by atoms with E-state index in [9.17, 15) is 10.1 Å². The molecule has 0 amide bonds. The zero-order chi connectivity index (χ0) is 13.7. The first-order valence-corrected chi connectivity index (χ1v) is 6.28.